The van der Waals surface area contributed by atoms with Crippen LogP contribution < -0.4 is 10.6 Å². The van der Waals surface area contributed by atoms with Crippen molar-refractivity contribution in [3.8, 4) is 0 Å². The van der Waals surface area contributed by atoms with Crippen molar-refractivity contribution >= 4 is 39.0 Å². The molecule has 1 aromatic heterocycles. The highest BCUT2D eigenvalue weighted by Crippen LogP contribution is 2.37. The number of anilines is 1. The molecule has 1 heterocycles. The zero-order valence-corrected chi connectivity index (χ0v) is 18.9. The number of nitrogens with zero attached hydrogens (tertiary/aromatic N) is 1. The fourth-order valence-corrected chi connectivity index (χ4v) is 4.52. The predicted octanol–water partition coefficient (Wildman–Crippen LogP) is 5.84. The molecule has 2 aromatic rings. The number of amides is 1. The molecule has 4 nitrogen and oxygen atoms in total. The maximum atomic E-state index is 12.4. The summed E-state index contributed by atoms with van der Waals surface area (Å²) in [7, 11) is 1.91. The molecule has 0 bridgehead atoms. The molecule has 0 saturated heterocycles. The van der Waals surface area contributed by atoms with Gasteiger partial charge >= 0.3 is 0 Å². The van der Waals surface area contributed by atoms with Crippen molar-refractivity contribution in [2.45, 2.75) is 47.1 Å². The van der Waals surface area contributed by atoms with Crippen molar-refractivity contribution in [3.63, 3.8) is 0 Å². The second kappa shape index (κ2) is 11.2. The van der Waals surface area contributed by atoms with Gasteiger partial charge in [0, 0.05) is 16.8 Å². The first-order valence-electron chi connectivity index (χ1n) is 9.43. The number of aromatic nitrogens is 1. The van der Waals surface area contributed by atoms with Crippen LogP contribution in [0.1, 0.15) is 50.9 Å². The van der Waals surface area contributed by atoms with Crippen LogP contribution in [0, 0.1) is 0 Å². The van der Waals surface area contributed by atoms with Gasteiger partial charge in [-0.1, -0.05) is 54.6 Å². The minimum absolute atomic E-state index is 0.0454. The SMILES string of the molecule is CC/C=C(\C)SC(=C(C)C)c1csc(NC(=O)Cc2cccc(CNC)c2)n1. The second-order valence-corrected chi connectivity index (χ2v) is 8.88. The van der Waals surface area contributed by atoms with Crippen LogP contribution in [-0.4, -0.2) is 17.9 Å². The maximum absolute atomic E-state index is 12.4. The molecule has 0 aliphatic rings. The van der Waals surface area contributed by atoms with Crippen molar-refractivity contribution in [2.75, 3.05) is 12.4 Å². The van der Waals surface area contributed by atoms with Crippen molar-refractivity contribution in [1.29, 1.82) is 0 Å². The Labute approximate surface area is 176 Å². The highest BCUT2D eigenvalue weighted by atomic mass is 32.2. The van der Waals surface area contributed by atoms with Gasteiger partial charge in [-0.25, -0.2) is 4.98 Å². The van der Waals surface area contributed by atoms with Crippen LogP contribution in [-0.2, 0) is 17.8 Å². The molecule has 150 valence electrons. The third kappa shape index (κ3) is 6.93. The molecular weight excluding hydrogens is 386 g/mol. The van der Waals surface area contributed by atoms with Gasteiger partial charge in [-0.2, -0.15) is 0 Å². The van der Waals surface area contributed by atoms with Crippen molar-refractivity contribution in [3.05, 3.63) is 63.0 Å². The Morgan fingerprint density at radius 1 is 1.25 bits per heavy atom. The molecule has 0 aliphatic heterocycles. The first-order chi connectivity index (χ1) is 13.4. The fraction of sp³-hybridized carbons (Fsp3) is 0.364. The van der Waals surface area contributed by atoms with Gasteiger partial charge in [0.1, 0.15) is 0 Å². The Morgan fingerprint density at radius 3 is 2.68 bits per heavy atom. The minimum Gasteiger partial charge on any atom is -0.316 e. The summed E-state index contributed by atoms with van der Waals surface area (Å²) in [5, 5.41) is 8.72. The summed E-state index contributed by atoms with van der Waals surface area (Å²) in [6.07, 6.45) is 3.57. The number of allylic oxidation sites excluding steroid dienone is 3. The molecule has 0 fully saturated rings. The average molecular weight is 416 g/mol. The van der Waals surface area contributed by atoms with Gasteiger partial charge in [-0.05, 0) is 50.3 Å². The molecule has 2 N–H and O–H groups in total. The van der Waals surface area contributed by atoms with E-state index in [1.807, 2.05) is 24.6 Å². The highest BCUT2D eigenvalue weighted by molar-refractivity contribution is 8.11. The Balaban J connectivity index is 2.05. The molecule has 0 unspecified atom stereocenters. The summed E-state index contributed by atoms with van der Waals surface area (Å²) in [5.41, 5.74) is 4.32. The van der Waals surface area contributed by atoms with Crippen LogP contribution >= 0.6 is 23.1 Å². The van der Waals surface area contributed by atoms with Crippen LogP contribution in [0.2, 0.25) is 0 Å². The van der Waals surface area contributed by atoms with Crippen LogP contribution in [0.25, 0.3) is 4.91 Å². The van der Waals surface area contributed by atoms with E-state index in [2.05, 4.69) is 61.5 Å². The second-order valence-electron chi connectivity index (χ2n) is 6.77. The van der Waals surface area contributed by atoms with Gasteiger partial charge in [-0.15, -0.1) is 11.3 Å². The summed E-state index contributed by atoms with van der Waals surface area (Å²) in [4.78, 5) is 19.5. The van der Waals surface area contributed by atoms with E-state index in [0.717, 1.165) is 29.1 Å². The van der Waals surface area contributed by atoms with E-state index in [0.29, 0.717) is 11.6 Å². The van der Waals surface area contributed by atoms with Crippen molar-refractivity contribution in [2.24, 2.45) is 0 Å². The Bertz CT molecular complexity index is 864. The lowest BCUT2D eigenvalue weighted by Gasteiger charge is -2.07. The zero-order valence-electron chi connectivity index (χ0n) is 17.3. The number of thiazole rings is 1. The molecular formula is C22H29N3OS2. The van der Waals surface area contributed by atoms with E-state index in [1.165, 1.54) is 27.4 Å². The fourth-order valence-electron chi connectivity index (χ4n) is 2.74. The molecule has 0 saturated carbocycles. The van der Waals surface area contributed by atoms with E-state index >= 15 is 0 Å². The molecule has 0 atom stereocenters. The monoisotopic (exact) mass is 415 g/mol. The molecule has 0 spiro atoms. The van der Waals surface area contributed by atoms with Gasteiger partial charge in [0.2, 0.25) is 5.91 Å². The molecule has 0 aliphatic carbocycles. The third-order valence-electron chi connectivity index (χ3n) is 3.93. The maximum Gasteiger partial charge on any atom is 0.230 e. The molecule has 1 aromatic carbocycles. The third-order valence-corrected chi connectivity index (χ3v) is 6.00. The molecule has 1 amide bonds. The number of hydrogen-bond donors (Lipinski definition) is 2. The average Bonchev–Trinajstić information content (AvgIpc) is 3.08. The van der Waals surface area contributed by atoms with Gasteiger partial charge < -0.3 is 10.6 Å². The van der Waals surface area contributed by atoms with Gasteiger partial charge in [-0.3, -0.25) is 4.79 Å². The topological polar surface area (TPSA) is 54.0 Å². The number of carbonyl (C=O) groups is 1. The minimum atomic E-state index is -0.0454. The van der Waals surface area contributed by atoms with E-state index < -0.39 is 0 Å². The van der Waals surface area contributed by atoms with Gasteiger partial charge in [0.05, 0.1) is 12.1 Å². The summed E-state index contributed by atoms with van der Waals surface area (Å²) >= 11 is 3.20. The largest absolute Gasteiger partial charge is 0.316 e. The number of benzene rings is 1. The molecule has 6 heteroatoms. The summed E-state index contributed by atoms with van der Waals surface area (Å²) in [6, 6.07) is 8.08. The molecule has 28 heavy (non-hydrogen) atoms. The van der Waals surface area contributed by atoms with Gasteiger partial charge in [0.15, 0.2) is 5.13 Å². The van der Waals surface area contributed by atoms with E-state index in [4.69, 9.17) is 0 Å². The normalized spacial score (nSPS) is 11.4. The Morgan fingerprint density at radius 2 is 2.00 bits per heavy atom. The van der Waals surface area contributed by atoms with Crippen LogP contribution in [0.3, 0.4) is 0 Å². The van der Waals surface area contributed by atoms with Crippen molar-refractivity contribution in [1.82, 2.24) is 10.3 Å². The number of hydrogen-bond acceptors (Lipinski definition) is 5. The van der Waals surface area contributed by atoms with E-state index in [1.54, 1.807) is 11.8 Å². The lowest BCUT2D eigenvalue weighted by molar-refractivity contribution is -0.115. The number of thioether (sulfide) groups is 1. The predicted molar refractivity (Wildman–Crippen MR) is 124 cm³/mol. The van der Waals surface area contributed by atoms with E-state index in [9.17, 15) is 4.79 Å². The number of carbonyl (C=O) groups excluding carboxylic acids is 1. The standard InChI is InChI=1S/C22H29N3OS2/c1-6-8-16(4)28-21(15(2)3)19-14-27-22(24-19)25-20(26)12-17-9-7-10-18(11-17)13-23-5/h7-11,14,23H,6,12-13H2,1-5H3,(H,24,25,26)/b16-8+. The molecule has 0 radical (unpaired) electrons. The Kier molecular flexibility index (Phi) is 8.96. The van der Waals surface area contributed by atoms with Crippen LogP contribution in [0.5, 0.6) is 0 Å². The lowest BCUT2D eigenvalue weighted by Crippen LogP contribution is -2.14. The lowest BCUT2D eigenvalue weighted by atomic mass is 10.1. The van der Waals surface area contributed by atoms with Crippen LogP contribution in [0.4, 0.5) is 5.13 Å². The smallest absolute Gasteiger partial charge is 0.230 e. The molecule has 2 rings (SSSR count). The van der Waals surface area contributed by atoms with E-state index in [-0.39, 0.29) is 5.91 Å². The summed E-state index contributed by atoms with van der Waals surface area (Å²) in [5.74, 6) is -0.0454. The first kappa shape index (κ1) is 22.4. The first-order valence-corrected chi connectivity index (χ1v) is 11.1. The zero-order chi connectivity index (χ0) is 20.5. The van der Waals surface area contributed by atoms with Crippen LogP contribution in [0.15, 0.2) is 46.2 Å². The van der Waals surface area contributed by atoms with Crippen molar-refractivity contribution < 1.29 is 4.79 Å². The number of nitrogens with one attached hydrogen (secondary N) is 2. The summed E-state index contributed by atoms with van der Waals surface area (Å²) < 4.78 is 0. The Hall–Kier alpha value is -1.89. The number of rotatable bonds is 9. The quantitative estimate of drug-likeness (QED) is 0.540. The van der Waals surface area contributed by atoms with Gasteiger partial charge in [0.25, 0.3) is 0 Å². The summed E-state index contributed by atoms with van der Waals surface area (Å²) in [6.45, 7) is 9.24. The highest BCUT2D eigenvalue weighted by Gasteiger charge is 2.13.